The second-order valence-corrected chi connectivity index (χ2v) is 8.16. The quantitative estimate of drug-likeness (QED) is 0.666. The number of carbonyl (C=O) groups is 1. The standard InChI is InChI=1S/C19H23ClN2O5S/c1-4-22(28(24,25)15-9-10-18(27-3)16(20)11-15)13-19(23)21-12-14-7-5-6-8-17(14)26-2/h5-11H,4,12-13H2,1-3H3,(H,21,23). The molecule has 0 aliphatic heterocycles. The Kier molecular flexibility index (Phi) is 7.68. The number of methoxy groups -OCH3 is 2. The van der Waals surface area contributed by atoms with Gasteiger partial charge in [0, 0.05) is 18.7 Å². The number of nitrogens with one attached hydrogen (secondary N) is 1. The van der Waals surface area contributed by atoms with Crippen LogP contribution in [0.15, 0.2) is 47.4 Å². The van der Waals surface area contributed by atoms with E-state index in [0.29, 0.717) is 11.5 Å². The Hall–Kier alpha value is -2.29. The first kappa shape index (κ1) is 22.0. The van der Waals surface area contributed by atoms with Gasteiger partial charge in [0.15, 0.2) is 0 Å². The molecule has 9 heteroatoms. The molecule has 2 aromatic rings. The first-order chi connectivity index (χ1) is 13.3. The zero-order valence-corrected chi connectivity index (χ0v) is 17.5. The minimum absolute atomic E-state index is 0.00215. The molecule has 0 radical (unpaired) electrons. The highest BCUT2D eigenvalue weighted by atomic mass is 35.5. The highest BCUT2D eigenvalue weighted by Crippen LogP contribution is 2.28. The molecule has 0 saturated heterocycles. The average molecular weight is 427 g/mol. The van der Waals surface area contributed by atoms with Gasteiger partial charge in [0.05, 0.1) is 30.7 Å². The third-order valence-electron chi connectivity index (χ3n) is 4.10. The third-order valence-corrected chi connectivity index (χ3v) is 6.31. The summed E-state index contributed by atoms with van der Waals surface area (Å²) in [6.45, 7) is 1.72. The van der Waals surface area contributed by atoms with Crippen molar-refractivity contribution in [3.8, 4) is 11.5 Å². The molecular formula is C19H23ClN2O5S. The lowest BCUT2D eigenvalue weighted by Gasteiger charge is -2.20. The van der Waals surface area contributed by atoms with Crippen LogP contribution in [0.3, 0.4) is 0 Å². The number of hydrogen-bond donors (Lipinski definition) is 1. The molecule has 0 bridgehead atoms. The molecule has 1 amide bonds. The molecule has 0 aliphatic carbocycles. The molecule has 7 nitrogen and oxygen atoms in total. The van der Waals surface area contributed by atoms with Gasteiger partial charge >= 0.3 is 0 Å². The number of benzene rings is 2. The number of nitrogens with zero attached hydrogens (tertiary/aromatic N) is 1. The zero-order valence-electron chi connectivity index (χ0n) is 15.9. The molecule has 0 unspecified atom stereocenters. The SMILES string of the molecule is CCN(CC(=O)NCc1ccccc1OC)S(=O)(=O)c1ccc(OC)c(Cl)c1. The van der Waals surface area contributed by atoms with Gasteiger partial charge in [0.2, 0.25) is 15.9 Å². The second-order valence-electron chi connectivity index (χ2n) is 5.82. The van der Waals surface area contributed by atoms with Gasteiger partial charge in [-0.15, -0.1) is 0 Å². The maximum Gasteiger partial charge on any atom is 0.243 e. The summed E-state index contributed by atoms with van der Waals surface area (Å²) in [6, 6.07) is 11.5. The largest absolute Gasteiger partial charge is 0.496 e. The Morgan fingerprint density at radius 3 is 2.39 bits per heavy atom. The van der Waals surface area contributed by atoms with Crippen LogP contribution in [0.25, 0.3) is 0 Å². The summed E-state index contributed by atoms with van der Waals surface area (Å²) in [7, 11) is -0.890. The van der Waals surface area contributed by atoms with Gasteiger partial charge in [-0.05, 0) is 24.3 Å². The number of carbonyl (C=O) groups excluding carboxylic acids is 1. The monoisotopic (exact) mass is 426 g/mol. The van der Waals surface area contributed by atoms with E-state index in [9.17, 15) is 13.2 Å². The normalized spacial score (nSPS) is 11.3. The maximum atomic E-state index is 12.9. The molecule has 28 heavy (non-hydrogen) atoms. The molecule has 0 aliphatic rings. The topological polar surface area (TPSA) is 84.9 Å². The predicted octanol–water partition coefficient (Wildman–Crippen LogP) is 2.68. The third kappa shape index (κ3) is 5.15. The van der Waals surface area contributed by atoms with Crippen LogP contribution in [0.1, 0.15) is 12.5 Å². The summed E-state index contributed by atoms with van der Waals surface area (Å²) >= 11 is 6.04. The maximum absolute atomic E-state index is 12.9. The van der Waals surface area contributed by atoms with E-state index in [1.807, 2.05) is 18.2 Å². The van der Waals surface area contributed by atoms with E-state index in [4.69, 9.17) is 21.1 Å². The Labute approximate surface area is 170 Å². The Balaban J connectivity index is 2.09. The fraction of sp³-hybridized carbons (Fsp3) is 0.316. The van der Waals surface area contributed by atoms with Crippen LogP contribution < -0.4 is 14.8 Å². The van der Waals surface area contributed by atoms with Crippen LogP contribution in [-0.2, 0) is 21.4 Å². The van der Waals surface area contributed by atoms with Crippen molar-refractivity contribution < 1.29 is 22.7 Å². The highest BCUT2D eigenvalue weighted by Gasteiger charge is 2.26. The summed E-state index contributed by atoms with van der Waals surface area (Å²) in [5, 5.41) is 2.90. The van der Waals surface area contributed by atoms with Crippen molar-refractivity contribution in [3.05, 3.63) is 53.1 Å². The van der Waals surface area contributed by atoms with Crippen LogP contribution >= 0.6 is 11.6 Å². The predicted molar refractivity (Wildman–Crippen MR) is 107 cm³/mol. The van der Waals surface area contributed by atoms with Crippen molar-refractivity contribution in [1.29, 1.82) is 0 Å². The lowest BCUT2D eigenvalue weighted by molar-refractivity contribution is -0.121. The van der Waals surface area contributed by atoms with Gasteiger partial charge in [-0.25, -0.2) is 8.42 Å². The van der Waals surface area contributed by atoms with E-state index in [0.717, 1.165) is 9.87 Å². The number of ether oxygens (including phenoxy) is 2. The summed E-state index contributed by atoms with van der Waals surface area (Å²) in [4.78, 5) is 12.3. The van der Waals surface area contributed by atoms with Crippen molar-refractivity contribution in [2.24, 2.45) is 0 Å². The van der Waals surface area contributed by atoms with Crippen LogP contribution in [0, 0.1) is 0 Å². The number of para-hydroxylation sites is 1. The summed E-state index contributed by atoms with van der Waals surface area (Å²) in [5.74, 6) is 0.602. The smallest absolute Gasteiger partial charge is 0.243 e. The Morgan fingerprint density at radius 1 is 1.11 bits per heavy atom. The number of sulfonamides is 1. The van der Waals surface area contributed by atoms with Crippen molar-refractivity contribution in [1.82, 2.24) is 9.62 Å². The lowest BCUT2D eigenvalue weighted by Crippen LogP contribution is -2.40. The first-order valence-corrected chi connectivity index (χ1v) is 10.4. The fourth-order valence-electron chi connectivity index (χ4n) is 2.58. The Morgan fingerprint density at radius 2 is 1.79 bits per heavy atom. The van der Waals surface area contributed by atoms with E-state index in [1.54, 1.807) is 20.1 Å². The molecule has 0 spiro atoms. The van der Waals surface area contributed by atoms with Crippen molar-refractivity contribution >= 4 is 27.5 Å². The highest BCUT2D eigenvalue weighted by molar-refractivity contribution is 7.89. The molecule has 1 N–H and O–H groups in total. The van der Waals surface area contributed by atoms with E-state index < -0.39 is 15.9 Å². The molecule has 0 aromatic heterocycles. The number of halogens is 1. The minimum atomic E-state index is -3.88. The fourth-order valence-corrected chi connectivity index (χ4v) is 4.34. The van der Waals surface area contributed by atoms with Crippen LogP contribution in [0.4, 0.5) is 0 Å². The molecule has 0 fully saturated rings. The molecule has 0 saturated carbocycles. The molecule has 0 atom stereocenters. The number of hydrogen-bond acceptors (Lipinski definition) is 5. The van der Waals surface area contributed by atoms with E-state index >= 15 is 0 Å². The van der Waals surface area contributed by atoms with E-state index in [-0.39, 0.29) is 29.6 Å². The number of likely N-dealkylation sites (N-methyl/N-ethyl adjacent to an activating group) is 1. The van der Waals surface area contributed by atoms with Gasteiger partial charge in [0.1, 0.15) is 11.5 Å². The number of rotatable bonds is 9. The first-order valence-electron chi connectivity index (χ1n) is 8.55. The van der Waals surface area contributed by atoms with Crippen molar-refractivity contribution in [3.63, 3.8) is 0 Å². The number of amides is 1. The molecule has 152 valence electrons. The van der Waals surface area contributed by atoms with E-state index in [1.165, 1.54) is 25.3 Å². The van der Waals surface area contributed by atoms with Crippen molar-refractivity contribution in [2.45, 2.75) is 18.4 Å². The summed E-state index contributed by atoms with van der Waals surface area (Å²) < 4.78 is 37.1. The molecule has 0 heterocycles. The van der Waals surface area contributed by atoms with Crippen LogP contribution in [0.2, 0.25) is 5.02 Å². The summed E-state index contributed by atoms with van der Waals surface area (Å²) in [6.07, 6.45) is 0. The molecular weight excluding hydrogens is 404 g/mol. The van der Waals surface area contributed by atoms with Gasteiger partial charge in [-0.3, -0.25) is 4.79 Å². The van der Waals surface area contributed by atoms with Gasteiger partial charge in [-0.2, -0.15) is 4.31 Å². The molecule has 2 aromatic carbocycles. The summed E-state index contributed by atoms with van der Waals surface area (Å²) in [5.41, 5.74) is 0.797. The van der Waals surface area contributed by atoms with Crippen molar-refractivity contribution in [2.75, 3.05) is 27.3 Å². The van der Waals surface area contributed by atoms with Crippen LogP contribution in [-0.4, -0.2) is 45.9 Å². The molecule has 2 rings (SSSR count). The minimum Gasteiger partial charge on any atom is -0.496 e. The second kappa shape index (κ2) is 9.77. The van der Waals surface area contributed by atoms with Gasteiger partial charge in [0.25, 0.3) is 0 Å². The van der Waals surface area contributed by atoms with Gasteiger partial charge < -0.3 is 14.8 Å². The van der Waals surface area contributed by atoms with Crippen LogP contribution in [0.5, 0.6) is 11.5 Å². The zero-order chi connectivity index (χ0) is 20.7. The lowest BCUT2D eigenvalue weighted by atomic mass is 10.2. The van der Waals surface area contributed by atoms with Gasteiger partial charge in [-0.1, -0.05) is 36.7 Å². The Bertz CT molecular complexity index is 934. The average Bonchev–Trinajstić information content (AvgIpc) is 2.70. The van der Waals surface area contributed by atoms with E-state index in [2.05, 4.69) is 5.32 Å².